The smallest absolute Gasteiger partial charge is 0.267 e. The lowest BCUT2D eigenvalue weighted by atomic mass is 9.68. The predicted molar refractivity (Wildman–Crippen MR) is 122 cm³/mol. The molecule has 6 heteroatoms. The van der Waals surface area contributed by atoms with Gasteiger partial charge in [-0.05, 0) is 81.3 Å². The van der Waals surface area contributed by atoms with E-state index in [0.29, 0.717) is 5.92 Å². The third-order valence-electron chi connectivity index (χ3n) is 7.90. The van der Waals surface area contributed by atoms with E-state index < -0.39 is 29.8 Å². The summed E-state index contributed by atoms with van der Waals surface area (Å²) < 4.78 is 60.0. The highest BCUT2D eigenvalue weighted by Gasteiger charge is 2.33. The molecule has 186 valence electrons. The fourth-order valence-electron chi connectivity index (χ4n) is 6.19. The van der Waals surface area contributed by atoms with Crippen LogP contribution in [0.25, 0.3) is 0 Å². The summed E-state index contributed by atoms with van der Waals surface area (Å²) in [5.74, 6) is 1.77. The van der Waals surface area contributed by atoms with Crippen LogP contribution in [0.5, 0.6) is 5.75 Å². The number of halogens is 4. The van der Waals surface area contributed by atoms with Crippen LogP contribution in [-0.2, 0) is 0 Å². The number of ketones is 1. The maximum atomic E-state index is 13.8. The molecular weight excluding hydrogens is 432 g/mol. The molecule has 1 aromatic rings. The first-order valence-corrected chi connectivity index (χ1v) is 12.7. The Morgan fingerprint density at radius 2 is 1.39 bits per heavy atom. The van der Waals surface area contributed by atoms with Crippen LogP contribution in [0.15, 0.2) is 12.1 Å². The van der Waals surface area contributed by atoms with Gasteiger partial charge >= 0.3 is 0 Å². The summed E-state index contributed by atoms with van der Waals surface area (Å²) >= 11 is 0. The zero-order chi connectivity index (χ0) is 24.0. The summed E-state index contributed by atoms with van der Waals surface area (Å²) in [7, 11) is 0. The molecule has 2 aliphatic carbocycles. The molecule has 0 unspecified atom stereocenters. The molecule has 0 bridgehead atoms. The summed E-state index contributed by atoms with van der Waals surface area (Å²) in [5.41, 5.74) is -1.99. The number of hydrogen-bond acceptors (Lipinski definition) is 2. The summed E-state index contributed by atoms with van der Waals surface area (Å²) in [6.07, 6.45) is 5.69. The Labute approximate surface area is 195 Å². The predicted octanol–water partition coefficient (Wildman–Crippen LogP) is 8.95. The van der Waals surface area contributed by atoms with Crippen molar-refractivity contribution in [3.63, 3.8) is 0 Å². The normalized spacial score (nSPS) is 26.1. The molecule has 2 saturated carbocycles. The van der Waals surface area contributed by atoms with Gasteiger partial charge < -0.3 is 4.74 Å². The highest BCUT2D eigenvalue weighted by atomic mass is 19.3. The minimum Gasteiger partial charge on any atom is -0.493 e. The number of Topliss-reactive ketones (excluding diaryl/α,β-unsaturated/α-hetero) is 1. The van der Waals surface area contributed by atoms with Gasteiger partial charge in [0.05, 0.1) is 12.2 Å². The van der Waals surface area contributed by atoms with Gasteiger partial charge in [-0.2, -0.15) is 0 Å². The van der Waals surface area contributed by atoms with Crippen molar-refractivity contribution in [3.05, 3.63) is 28.8 Å². The first kappa shape index (κ1) is 26.0. The molecule has 0 aliphatic heterocycles. The molecule has 0 spiro atoms. The number of benzene rings is 1. The lowest BCUT2D eigenvalue weighted by molar-refractivity contribution is 0.0900. The van der Waals surface area contributed by atoms with Gasteiger partial charge in [0.15, 0.2) is 5.78 Å². The van der Waals surface area contributed by atoms with E-state index in [1.807, 2.05) is 0 Å². The second kappa shape index (κ2) is 12.2. The molecule has 0 amide bonds. The van der Waals surface area contributed by atoms with E-state index in [1.54, 1.807) is 6.92 Å². The van der Waals surface area contributed by atoms with E-state index in [9.17, 15) is 22.4 Å². The third-order valence-corrected chi connectivity index (χ3v) is 7.90. The Balaban J connectivity index is 1.61. The fourth-order valence-corrected chi connectivity index (χ4v) is 6.19. The lowest BCUT2D eigenvalue weighted by Gasteiger charge is -2.38. The Morgan fingerprint density at radius 3 is 1.88 bits per heavy atom. The van der Waals surface area contributed by atoms with Crippen LogP contribution in [-0.4, -0.2) is 12.4 Å². The van der Waals surface area contributed by atoms with Gasteiger partial charge in [-0.25, -0.2) is 17.6 Å². The van der Waals surface area contributed by atoms with Gasteiger partial charge in [-0.1, -0.05) is 32.6 Å². The van der Waals surface area contributed by atoms with Crippen molar-refractivity contribution in [2.45, 2.75) is 97.3 Å². The van der Waals surface area contributed by atoms with Gasteiger partial charge in [0, 0.05) is 17.5 Å². The Bertz CT molecular complexity index is 764. The minimum atomic E-state index is -3.16. The van der Waals surface area contributed by atoms with Crippen LogP contribution in [0, 0.1) is 23.7 Å². The molecule has 33 heavy (non-hydrogen) atoms. The van der Waals surface area contributed by atoms with E-state index in [1.165, 1.54) is 50.7 Å². The third kappa shape index (κ3) is 6.51. The SMILES string of the molecule is CCCC1CCC(C2CCC(CC(=O)c3ccc(OCC)c(C(F)F)c3C(F)F)CC2)CC1. The Morgan fingerprint density at radius 1 is 0.848 bits per heavy atom. The maximum Gasteiger partial charge on any atom is 0.267 e. The van der Waals surface area contributed by atoms with Crippen LogP contribution in [0.2, 0.25) is 0 Å². The highest BCUT2D eigenvalue weighted by molar-refractivity contribution is 5.98. The van der Waals surface area contributed by atoms with Gasteiger partial charge in [0.2, 0.25) is 0 Å². The minimum absolute atomic E-state index is 0.0825. The topological polar surface area (TPSA) is 26.3 Å². The first-order valence-electron chi connectivity index (χ1n) is 12.7. The molecule has 0 saturated heterocycles. The zero-order valence-corrected chi connectivity index (χ0v) is 19.9. The molecule has 2 fully saturated rings. The van der Waals surface area contributed by atoms with Crippen molar-refractivity contribution < 1.29 is 27.1 Å². The Hall–Kier alpha value is -1.59. The lowest BCUT2D eigenvalue weighted by Crippen LogP contribution is -2.26. The number of carbonyl (C=O) groups is 1. The van der Waals surface area contributed by atoms with Crippen LogP contribution in [0.3, 0.4) is 0 Å². The summed E-state index contributed by atoms with van der Waals surface area (Å²) in [4.78, 5) is 12.9. The van der Waals surface area contributed by atoms with Crippen LogP contribution in [0.4, 0.5) is 17.6 Å². The number of hydrogen-bond donors (Lipinski definition) is 0. The van der Waals surface area contributed by atoms with Crippen molar-refractivity contribution in [2.75, 3.05) is 6.61 Å². The molecule has 0 atom stereocenters. The molecule has 3 rings (SSSR count). The van der Waals surface area contributed by atoms with E-state index in [0.717, 1.165) is 37.5 Å². The van der Waals surface area contributed by atoms with Gasteiger partial charge in [0.1, 0.15) is 5.75 Å². The highest BCUT2D eigenvalue weighted by Crippen LogP contribution is 2.44. The summed E-state index contributed by atoms with van der Waals surface area (Å²) in [6.45, 7) is 3.93. The van der Waals surface area contributed by atoms with Crippen molar-refractivity contribution in [3.8, 4) is 5.75 Å². The number of rotatable bonds is 10. The standard InChI is InChI=1S/C27H38F4O2/c1-3-5-17-6-10-19(11-7-17)20-12-8-18(9-13-20)16-22(32)21-14-15-23(33-4-2)25(27(30)31)24(21)26(28)29/h14-15,17-20,26-27H,3-13,16H2,1-2H3. The van der Waals surface area contributed by atoms with E-state index in [-0.39, 0.29) is 30.3 Å². The zero-order valence-electron chi connectivity index (χ0n) is 19.9. The largest absolute Gasteiger partial charge is 0.493 e. The molecule has 1 aromatic carbocycles. The van der Waals surface area contributed by atoms with Crippen LogP contribution in [0.1, 0.15) is 119 Å². The second-order valence-corrected chi connectivity index (χ2v) is 9.95. The van der Waals surface area contributed by atoms with E-state index >= 15 is 0 Å². The van der Waals surface area contributed by atoms with Gasteiger partial charge in [-0.15, -0.1) is 0 Å². The molecule has 2 aliphatic rings. The monoisotopic (exact) mass is 470 g/mol. The van der Waals surface area contributed by atoms with Gasteiger partial charge in [-0.3, -0.25) is 4.79 Å². The molecule has 0 N–H and O–H groups in total. The average Bonchev–Trinajstić information content (AvgIpc) is 2.80. The second-order valence-electron chi connectivity index (χ2n) is 9.95. The van der Waals surface area contributed by atoms with Crippen molar-refractivity contribution in [1.82, 2.24) is 0 Å². The van der Waals surface area contributed by atoms with Crippen LogP contribution >= 0.6 is 0 Å². The average molecular weight is 471 g/mol. The maximum absolute atomic E-state index is 13.8. The number of alkyl halides is 4. The molecule has 2 nitrogen and oxygen atoms in total. The molecule has 0 radical (unpaired) electrons. The Kier molecular flexibility index (Phi) is 9.63. The van der Waals surface area contributed by atoms with Crippen LogP contribution < -0.4 is 4.74 Å². The van der Waals surface area contributed by atoms with Gasteiger partial charge in [0.25, 0.3) is 12.9 Å². The quantitative estimate of drug-likeness (QED) is 0.252. The molecule has 0 aromatic heterocycles. The fraction of sp³-hybridized carbons (Fsp3) is 0.741. The summed E-state index contributed by atoms with van der Waals surface area (Å²) in [5, 5.41) is 0. The molecular formula is C27H38F4O2. The van der Waals surface area contributed by atoms with E-state index in [2.05, 4.69) is 6.92 Å². The van der Waals surface area contributed by atoms with Crippen molar-refractivity contribution >= 4 is 5.78 Å². The number of ether oxygens (including phenoxy) is 1. The summed E-state index contributed by atoms with van der Waals surface area (Å²) in [6, 6.07) is 2.47. The van der Waals surface area contributed by atoms with E-state index in [4.69, 9.17) is 4.74 Å². The van der Waals surface area contributed by atoms with Crippen molar-refractivity contribution in [2.24, 2.45) is 23.7 Å². The molecule has 0 heterocycles. The van der Waals surface area contributed by atoms with Crippen molar-refractivity contribution in [1.29, 1.82) is 0 Å². The first-order chi connectivity index (χ1) is 15.8. The number of carbonyl (C=O) groups excluding carboxylic acids is 1.